The van der Waals surface area contributed by atoms with Crippen molar-refractivity contribution in [3.05, 3.63) is 0 Å². The second-order valence-corrected chi connectivity index (χ2v) is 4.97. The topological polar surface area (TPSA) is 84.2 Å². The summed E-state index contributed by atoms with van der Waals surface area (Å²) in [6.07, 6.45) is 0.671. The predicted octanol–water partition coefficient (Wildman–Crippen LogP) is 0.248. The molecule has 4 N–H and O–H groups in total. The Labute approximate surface area is 104 Å². The highest BCUT2D eigenvalue weighted by Gasteiger charge is 2.14. The minimum atomic E-state index is -0.462. The summed E-state index contributed by atoms with van der Waals surface area (Å²) in [5.41, 5.74) is 5.71. The molecule has 0 aliphatic rings. The van der Waals surface area contributed by atoms with Gasteiger partial charge in [0.05, 0.1) is 6.04 Å². The zero-order valence-corrected chi connectivity index (χ0v) is 11.2. The Morgan fingerprint density at radius 1 is 1.00 bits per heavy atom. The van der Waals surface area contributed by atoms with Crippen molar-refractivity contribution in [3.63, 3.8) is 0 Å². The standard InChI is InChI=1S/C12H25N3O2/c1-8(2)7-10(13)12(17)15-6-5-14-11(16)9(3)4/h8-10H,5-7,13H2,1-4H3,(H,14,16)(H,15,17). The average Bonchev–Trinajstić information content (AvgIpc) is 2.22. The largest absolute Gasteiger partial charge is 0.354 e. The molecule has 0 aliphatic heterocycles. The Bertz CT molecular complexity index is 252. The number of rotatable bonds is 7. The fourth-order valence-corrected chi connectivity index (χ4v) is 1.32. The van der Waals surface area contributed by atoms with Gasteiger partial charge in [0.2, 0.25) is 11.8 Å². The van der Waals surface area contributed by atoms with Gasteiger partial charge in [-0.2, -0.15) is 0 Å². The molecule has 0 aromatic heterocycles. The van der Waals surface area contributed by atoms with Crippen LogP contribution in [0.3, 0.4) is 0 Å². The van der Waals surface area contributed by atoms with Crippen molar-refractivity contribution in [3.8, 4) is 0 Å². The molecular formula is C12H25N3O2. The molecular weight excluding hydrogens is 218 g/mol. The van der Waals surface area contributed by atoms with Crippen LogP contribution in [0, 0.1) is 11.8 Å². The van der Waals surface area contributed by atoms with Crippen LogP contribution in [0.2, 0.25) is 0 Å². The van der Waals surface area contributed by atoms with Crippen molar-refractivity contribution in [2.24, 2.45) is 17.6 Å². The Balaban J connectivity index is 3.68. The van der Waals surface area contributed by atoms with E-state index < -0.39 is 6.04 Å². The van der Waals surface area contributed by atoms with Gasteiger partial charge in [-0.1, -0.05) is 27.7 Å². The van der Waals surface area contributed by atoms with Crippen molar-refractivity contribution in [1.82, 2.24) is 10.6 Å². The van der Waals surface area contributed by atoms with Crippen LogP contribution in [-0.4, -0.2) is 30.9 Å². The summed E-state index contributed by atoms with van der Waals surface area (Å²) in [4.78, 5) is 22.7. The minimum Gasteiger partial charge on any atom is -0.354 e. The molecule has 0 aliphatic carbocycles. The summed E-state index contributed by atoms with van der Waals surface area (Å²) in [5.74, 6) is 0.202. The highest BCUT2D eigenvalue weighted by Crippen LogP contribution is 2.02. The van der Waals surface area contributed by atoms with Gasteiger partial charge in [0.25, 0.3) is 0 Å². The molecule has 100 valence electrons. The van der Waals surface area contributed by atoms with E-state index in [1.807, 2.05) is 27.7 Å². The summed E-state index contributed by atoms with van der Waals surface area (Å²) < 4.78 is 0. The molecule has 0 fully saturated rings. The maximum Gasteiger partial charge on any atom is 0.236 e. The Kier molecular flexibility index (Phi) is 7.54. The fourth-order valence-electron chi connectivity index (χ4n) is 1.32. The molecule has 0 spiro atoms. The summed E-state index contributed by atoms with van der Waals surface area (Å²) >= 11 is 0. The quantitative estimate of drug-likeness (QED) is 0.560. The number of hydrogen-bond donors (Lipinski definition) is 3. The van der Waals surface area contributed by atoms with E-state index in [-0.39, 0.29) is 17.7 Å². The van der Waals surface area contributed by atoms with Crippen LogP contribution in [0.4, 0.5) is 0 Å². The van der Waals surface area contributed by atoms with Gasteiger partial charge in [-0.05, 0) is 12.3 Å². The Morgan fingerprint density at radius 3 is 1.88 bits per heavy atom. The first-order valence-electron chi connectivity index (χ1n) is 6.15. The number of nitrogens with one attached hydrogen (secondary N) is 2. The molecule has 5 nitrogen and oxygen atoms in total. The SMILES string of the molecule is CC(C)CC(N)C(=O)NCCNC(=O)C(C)C. The lowest BCUT2D eigenvalue weighted by atomic mass is 10.0. The molecule has 0 saturated carbocycles. The number of hydrogen-bond acceptors (Lipinski definition) is 3. The summed E-state index contributed by atoms with van der Waals surface area (Å²) in [5, 5.41) is 5.43. The van der Waals surface area contributed by atoms with Crippen LogP contribution >= 0.6 is 0 Å². The smallest absolute Gasteiger partial charge is 0.236 e. The van der Waals surface area contributed by atoms with Crippen molar-refractivity contribution in [1.29, 1.82) is 0 Å². The molecule has 2 amide bonds. The van der Waals surface area contributed by atoms with Gasteiger partial charge in [0.15, 0.2) is 0 Å². The highest BCUT2D eigenvalue weighted by atomic mass is 16.2. The minimum absolute atomic E-state index is 0.00859. The van der Waals surface area contributed by atoms with Gasteiger partial charge < -0.3 is 16.4 Å². The lowest BCUT2D eigenvalue weighted by molar-refractivity contribution is -0.125. The van der Waals surface area contributed by atoms with Gasteiger partial charge in [-0.25, -0.2) is 0 Å². The van der Waals surface area contributed by atoms with Crippen molar-refractivity contribution in [2.45, 2.75) is 40.2 Å². The van der Waals surface area contributed by atoms with E-state index >= 15 is 0 Å². The van der Waals surface area contributed by atoms with Gasteiger partial charge in [-0.3, -0.25) is 9.59 Å². The lowest BCUT2D eigenvalue weighted by Gasteiger charge is -2.14. The number of carbonyl (C=O) groups is 2. The lowest BCUT2D eigenvalue weighted by Crippen LogP contribution is -2.44. The fraction of sp³-hybridized carbons (Fsp3) is 0.833. The third-order valence-corrected chi connectivity index (χ3v) is 2.31. The van der Waals surface area contributed by atoms with Crippen LogP contribution in [-0.2, 0) is 9.59 Å². The first kappa shape index (κ1) is 15.9. The van der Waals surface area contributed by atoms with E-state index in [0.717, 1.165) is 0 Å². The van der Waals surface area contributed by atoms with Crippen molar-refractivity contribution >= 4 is 11.8 Å². The van der Waals surface area contributed by atoms with Crippen molar-refractivity contribution in [2.75, 3.05) is 13.1 Å². The van der Waals surface area contributed by atoms with Gasteiger partial charge in [-0.15, -0.1) is 0 Å². The first-order valence-corrected chi connectivity index (χ1v) is 6.15. The zero-order valence-electron chi connectivity index (χ0n) is 11.2. The molecule has 0 saturated heterocycles. The normalized spacial score (nSPS) is 12.6. The molecule has 0 heterocycles. The van der Waals surface area contributed by atoms with E-state index in [1.165, 1.54) is 0 Å². The molecule has 0 radical (unpaired) electrons. The number of carbonyl (C=O) groups excluding carboxylic acids is 2. The van der Waals surface area contributed by atoms with Gasteiger partial charge >= 0.3 is 0 Å². The molecule has 0 bridgehead atoms. The van der Waals surface area contributed by atoms with Crippen LogP contribution in [0.15, 0.2) is 0 Å². The average molecular weight is 243 g/mol. The van der Waals surface area contributed by atoms with Gasteiger partial charge in [0.1, 0.15) is 0 Å². The molecule has 1 atom stereocenters. The molecule has 0 rings (SSSR count). The second-order valence-electron chi connectivity index (χ2n) is 4.97. The van der Waals surface area contributed by atoms with Crippen LogP contribution in [0.5, 0.6) is 0 Å². The maximum absolute atomic E-state index is 11.5. The van der Waals surface area contributed by atoms with E-state index in [1.54, 1.807) is 0 Å². The molecule has 0 aromatic carbocycles. The second kappa shape index (κ2) is 8.06. The van der Waals surface area contributed by atoms with Crippen LogP contribution in [0.1, 0.15) is 34.1 Å². The van der Waals surface area contributed by atoms with Gasteiger partial charge in [0, 0.05) is 19.0 Å². The van der Waals surface area contributed by atoms with Crippen molar-refractivity contribution < 1.29 is 9.59 Å². The summed E-state index contributed by atoms with van der Waals surface area (Å²) in [6.45, 7) is 8.56. The third kappa shape index (κ3) is 7.74. The predicted molar refractivity (Wildman–Crippen MR) is 68.3 cm³/mol. The number of amides is 2. The van der Waals surface area contributed by atoms with E-state index in [0.29, 0.717) is 25.4 Å². The summed E-state index contributed by atoms with van der Waals surface area (Å²) in [7, 11) is 0. The maximum atomic E-state index is 11.5. The monoisotopic (exact) mass is 243 g/mol. The van der Waals surface area contributed by atoms with Crippen LogP contribution < -0.4 is 16.4 Å². The number of nitrogens with two attached hydrogens (primary N) is 1. The highest BCUT2D eigenvalue weighted by molar-refractivity contribution is 5.81. The molecule has 5 heteroatoms. The van der Waals surface area contributed by atoms with E-state index in [2.05, 4.69) is 10.6 Å². The third-order valence-electron chi connectivity index (χ3n) is 2.31. The van der Waals surface area contributed by atoms with E-state index in [9.17, 15) is 9.59 Å². The van der Waals surface area contributed by atoms with E-state index in [4.69, 9.17) is 5.73 Å². The zero-order chi connectivity index (χ0) is 13.4. The molecule has 17 heavy (non-hydrogen) atoms. The van der Waals surface area contributed by atoms with Crippen LogP contribution in [0.25, 0.3) is 0 Å². The molecule has 1 unspecified atom stereocenters. The Morgan fingerprint density at radius 2 is 1.47 bits per heavy atom. The summed E-state index contributed by atoms with van der Waals surface area (Å²) in [6, 6.07) is -0.462. The Hall–Kier alpha value is -1.10. The first-order chi connectivity index (χ1) is 7.84. The molecule has 0 aromatic rings.